The summed E-state index contributed by atoms with van der Waals surface area (Å²) < 4.78 is 0. The van der Waals surface area contributed by atoms with Crippen LogP contribution in [0.15, 0.2) is 25.3 Å². The van der Waals surface area contributed by atoms with Crippen LogP contribution in [0.4, 0.5) is 0 Å². The Balaban J connectivity index is 3.71. The van der Waals surface area contributed by atoms with Crippen molar-refractivity contribution in [2.24, 2.45) is 0 Å². The molecule has 0 fully saturated rings. The van der Waals surface area contributed by atoms with Crippen molar-refractivity contribution in [3.8, 4) is 0 Å². The summed E-state index contributed by atoms with van der Waals surface area (Å²) in [4.78, 5) is 0. The van der Waals surface area contributed by atoms with Crippen LogP contribution in [0.5, 0.6) is 0 Å². The van der Waals surface area contributed by atoms with Crippen LogP contribution in [0.2, 0.25) is 18.1 Å². The average molecular weight is 259 g/mol. The maximum atomic E-state index is 6.77. The number of hydrogen-bond acceptors (Lipinski definition) is 0. The fourth-order valence-electron chi connectivity index (χ4n) is 1.94. The number of halogens is 1. The third kappa shape index (κ3) is 8.18. The normalized spacial score (nSPS) is 11.4. The SMILES string of the molecule is C=CCCCC[Si](Cl)(CC)CCCCC=C. The van der Waals surface area contributed by atoms with Crippen molar-refractivity contribution in [2.75, 3.05) is 0 Å². The Morgan fingerprint density at radius 2 is 1.38 bits per heavy atom. The number of allylic oxidation sites excluding steroid dienone is 2. The van der Waals surface area contributed by atoms with Gasteiger partial charge in [-0.1, -0.05) is 44.8 Å². The molecule has 0 nitrogen and oxygen atoms in total. The molecule has 0 aromatic rings. The highest BCUT2D eigenvalue weighted by Gasteiger charge is 2.26. The van der Waals surface area contributed by atoms with Crippen molar-refractivity contribution < 1.29 is 0 Å². The molecule has 0 unspecified atom stereocenters. The first-order chi connectivity index (χ1) is 7.68. The molecule has 0 aliphatic heterocycles. The summed E-state index contributed by atoms with van der Waals surface area (Å²) >= 11 is 6.77. The molecule has 0 radical (unpaired) electrons. The van der Waals surface area contributed by atoms with Gasteiger partial charge < -0.3 is 0 Å². The highest BCUT2D eigenvalue weighted by molar-refractivity contribution is 7.20. The number of hydrogen-bond donors (Lipinski definition) is 0. The smallest absolute Gasteiger partial charge is 0.156 e. The lowest BCUT2D eigenvalue weighted by Crippen LogP contribution is -2.25. The maximum Gasteiger partial charge on any atom is 0.156 e. The van der Waals surface area contributed by atoms with E-state index in [-0.39, 0.29) is 0 Å². The first kappa shape index (κ1) is 16.0. The maximum absolute atomic E-state index is 6.77. The second-order valence-corrected chi connectivity index (χ2v) is 11.0. The first-order valence-electron chi connectivity index (χ1n) is 6.59. The largest absolute Gasteiger partial charge is 0.167 e. The molecule has 0 heterocycles. The van der Waals surface area contributed by atoms with Crippen LogP contribution in [0.3, 0.4) is 0 Å². The van der Waals surface area contributed by atoms with Gasteiger partial charge in [0.1, 0.15) is 0 Å². The van der Waals surface area contributed by atoms with Gasteiger partial charge >= 0.3 is 0 Å². The molecular weight excluding hydrogens is 232 g/mol. The third-order valence-electron chi connectivity index (χ3n) is 3.20. The Hall–Kier alpha value is -0.0131. The molecule has 0 bridgehead atoms. The fourth-order valence-corrected chi connectivity index (χ4v) is 5.47. The zero-order valence-corrected chi connectivity index (χ0v) is 12.6. The van der Waals surface area contributed by atoms with Gasteiger partial charge in [0.15, 0.2) is 7.38 Å². The zero-order chi connectivity index (χ0) is 12.3. The van der Waals surface area contributed by atoms with E-state index < -0.39 is 7.38 Å². The highest BCUT2D eigenvalue weighted by Crippen LogP contribution is 2.30. The summed E-state index contributed by atoms with van der Waals surface area (Å²) in [6, 6.07) is 3.79. The van der Waals surface area contributed by atoms with Crippen LogP contribution in [-0.4, -0.2) is 7.38 Å². The molecule has 16 heavy (non-hydrogen) atoms. The summed E-state index contributed by atoms with van der Waals surface area (Å²) in [6.07, 6.45) is 11.4. The van der Waals surface area contributed by atoms with E-state index in [1.807, 2.05) is 12.2 Å². The topological polar surface area (TPSA) is 0 Å². The van der Waals surface area contributed by atoms with E-state index >= 15 is 0 Å². The third-order valence-corrected chi connectivity index (χ3v) is 8.90. The van der Waals surface area contributed by atoms with E-state index in [0.717, 1.165) is 12.8 Å². The van der Waals surface area contributed by atoms with Crippen LogP contribution in [0.25, 0.3) is 0 Å². The Morgan fingerprint density at radius 3 is 1.69 bits per heavy atom. The molecule has 0 saturated carbocycles. The van der Waals surface area contributed by atoms with Gasteiger partial charge in [-0.15, -0.1) is 13.2 Å². The lowest BCUT2D eigenvalue weighted by atomic mass is 10.2. The highest BCUT2D eigenvalue weighted by atomic mass is 35.6. The molecule has 0 spiro atoms. The predicted molar refractivity (Wildman–Crippen MR) is 79.8 cm³/mol. The predicted octanol–water partition coefficient (Wildman–Crippen LogP) is 5.90. The quantitative estimate of drug-likeness (QED) is 0.187. The van der Waals surface area contributed by atoms with Crippen LogP contribution >= 0.6 is 11.1 Å². The van der Waals surface area contributed by atoms with Gasteiger partial charge in [0.25, 0.3) is 0 Å². The van der Waals surface area contributed by atoms with Gasteiger partial charge in [0.2, 0.25) is 0 Å². The molecule has 0 amide bonds. The van der Waals surface area contributed by atoms with E-state index in [1.54, 1.807) is 0 Å². The van der Waals surface area contributed by atoms with Crippen molar-refractivity contribution in [2.45, 2.75) is 63.6 Å². The molecule has 0 aromatic carbocycles. The molecule has 0 aliphatic rings. The van der Waals surface area contributed by atoms with Gasteiger partial charge in [0, 0.05) is 0 Å². The standard InChI is InChI=1S/C14H27ClSi/c1-4-7-9-11-13-16(15,6-3)14-12-10-8-5-2/h4-5H,1-2,6-14H2,3H3. The Labute approximate surface area is 107 Å². The Morgan fingerprint density at radius 1 is 0.938 bits per heavy atom. The monoisotopic (exact) mass is 258 g/mol. The summed E-state index contributed by atoms with van der Waals surface area (Å²) in [5.74, 6) is 0. The lowest BCUT2D eigenvalue weighted by Gasteiger charge is -2.22. The van der Waals surface area contributed by atoms with Crippen molar-refractivity contribution in [3.63, 3.8) is 0 Å². The van der Waals surface area contributed by atoms with E-state index in [4.69, 9.17) is 11.1 Å². The Bertz CT molecular complexity index is 173. The van der Waals surface area contributed by atoms with E-state index in [9.17, 15) is 0 Å². The zero-order valence-electron chi connectivity index (χ0n) is 10.8. The molecule has 0 rings (SSSR count). The minimum atomic E-state index is -1.42. The summed E-state index contributed by atoms with van der Waals surface area (Å²) in [5.41, 5.74) is 0. The van der Waals surface area contributed by atoms with Gasteiger partial charge in [-0.25, -0.2) is 0 Å². The van der Waals surface area contributed by atoms with Crippen LogP contribution < -0.4 is 0 Å². The summed E-state index contributed by atoms with van der Waals surface area (Å²) in [5, 5.41) is 0. The molecule has 94 valence electrons. The van der Waals surface area contributed by atoms with Gasteiger partial charge in [-0.3, -0.25) is 0 Å². The second kappa shape index (κ2) is 10.2. The van der Waals surface area contributed by atoms with Gasteiger partial charge in [-0.05, 0) is 31.0 Å². The molecule has 0 aliphatic carbocycles. The fraction of sp³-hybridized carbons (Fsp3) is 0.714. The number of rotatable bonds is 11. The minimum absolute atomic E-state index is 1.14. The number of unbranched alkanes of at least 4 members (excludes halogenated alkanes) is 4. The molecule has 0 atom stereocenters. The molecule has 2 heteroatoms. The van der Waals surface area contributed by atoms with E-state index in [1.165, 1.54) is 43.8 Å². The van der Waals surface area contributed by atoms with Crippen LogP contribution in [-0.2, 0) is 0 Å². The summed E-state index contributed by atoms with van der Waals surface area (Å²) in [7, 11) is -1.42. The van der Waals surface area contributed by atoms with E-state index in [0.29, 0.717) is 0 Å². The molecule has 0 N–H and O–H groups in total. The van der Waals surface area contributed by atoms with E-state index in [2.05, 4.69) is 20.1 Å². The average Bonchev–Trinajstić information content (AvgIpc) is 2.31. The van der Waals surface area contributed by atoms with Gasteiger partial charge in [-0.2, -0.15) is 11.1 Å². The lowest BCUT2D eigenvalue weighted by molar-refractivity contribution is 0.777. The first-order valence-corrected chi connectivity index (χ1v) is 10.2. The minimum Gasteiger partial charge on any atom is -0.167 e. The Kier molecular flexibility index (Phi) is 10.2. The van der Waals surface area contributed by atoms with Crippen molar-refractivity contribution >= 4 is 18.5 Å². The summed E-state index contributed by atoms with van der Waals surface area (Å²) in [6.45, 7) is 9.77. The molecular formula is C14H27ClSi. The molecule has 0 aromatic heterocycles. The van der Waals surface area contributed by atoms with Crippen LogP contribution in [0, 0.1) is 0 Å². The van der Waals surface area contributed by atoms with Crippen molar-refractivity contribution in [1.82, 2.24) is 0 Å². The second-order valence-electron chi connectivity index (χ2n) is 4.57. The van der Waals surface area contributed by atoms with Gasteiger partial charge in [0.05, 0.1) is 0 Å². The van der Waals surface area contributed by atoms with Crippen molar-refractivity contribution in [3.05, 3.63) is 25.3 Å². The van der Waals surface area contributed by atoms with Crippen LogP contribution in [0.1, 0.15) is 45.4 Å². The van der Waals surface area contributed by atoms with Crippen molar-refractivity contribution in [1.29, 1.82) is 0 Å². The molecule has 0 saturated heterocycles.